The van der Waals surface area contributed by atoms with Crippen LogP contribution in [0.1, 0.15) is 6.92 Å². The Morgan fingerprint density at radius 2 is 2.45 bits per heavy atom. The molecule has 64 valence electrons. The molecule has 11 heavy (non-hydrogen) atoms. The number of ether oxygens (including phenoxy) is 1. The van der Waals surface area contributed by atoms with Crippen molar-refractivity contribution in [3.8, 4) is 0 Å². The van der Waals surface area contributed by atoms with E-state index in [2.05, 4.69) is 6.58 Å². The average Bonchev–Trinajstić information content (AvgIpc) is 2.01. The maximum Gasteiger partial charge on any atom is 0.106 e. The molecule has 0 aliphatic heterocycles. The van der Waals surface area contributed by atoms with E-state index in [1.807, 2.05) is 13.0 Å². The zero-order valence-corrected chi connectivity index (χ0v) is 7.69. The highest BCUT2D eigenvalue weighted by molar-refractivity contribution is 7.99. The Bertz CT molecular complexity index is 134. The second-order valence-corrected chi connectivity index (χ2v) is 3.07. The Hall–Kier alpha value is -0.410. The van der Waals surface area contributed by atoms with Crippen LogP contribution in [-0.2, 0) is 4.74 Å². The minimum absolute atomic E-state index is 0.710. The monoisotopic (exact) mass is 173 g/mol. The van der Waals surface area contributed by atoms with Crippen LogP contribution in [0.3, 0.4) is 0 Å². The zero-order valence-electron chi connectivity index (χ0n) is 6.88. The summed E-state index contributed by atoms with van der Waals surface area (Å²) in [5.74, 6) is 2.56. The van der Waals surface area contributed by atoms with Crippen LogP contribution in [-0.4, -0.2) is 18.1 Å². The quantitative estimate of drug-likeness (QED) is 0.491. The van der Waals surface area contributed by atoms with Gasteiger partial charge in [-0.1, -0.05) is 12.7 Å². The third kappa shape index (κ3) is 7.49. The third-order valence-corrected chi connectivity index (χ3v) is 1.95. The molecule has 0 atom stereocenters. The SMILES string of the molecule is C=C(CSCCN)O/C=C\C. The highest BCUT2D eigenvalue weighted by Crippen LogP contribution is 2.06. The fraction of sp³-hybridized carbons (Fsp3) is 0.500. The lowest BCUT2D eigenvalue weighted by atomic mass is 10.6. The molecule has 0 aromatic rings. The van der Waals surface area contributed by atoms with E-state index in [-0.39, 0.29) is 0 Å². The van der Waals surface area contributed by atoms with Gasteiger partial charge in [-0.15, -0.1) is 0 Å². The van der Waals surface area contributed by atoms with Gasteiger partial charge in [0, 0.05) is 12.3 Å². The number of hydrogen-bond donors (Lipinski definition) is 1. The molecular formula is C8H15NOS. The van der Waals surface area contributed by atoms with Gasteiger partial charge in [0.25, 0.3) is 0 Å². The number of thioether (sulfide) groups is 1. The molecule has 0 aliphatic rings. The van der Waals surface area contributed by atoms with Gasteiger partial charge in [-0.25, -0.2) is 0 Å². The van der Waals surface area contributed by atoms with Gasteiger partial charge >= 0.3 is 0 Å². The maximum absolute atomic E-state index is 5.31. The molecule has 0 rings (SSSR count). The van der Waals surface area contributed by atoms with Crippen LogP contribution in [0.25, 0.3) is 0 Å². The third-order valence-electron chi connectivity index (χ3n) is 0.896. The summed E-state index contributed by atoms with van der Waals surface area (Å²) in [4.78, 5) is 0. The summed E-state index contributed by atoms with van der Waals surface area (Å²) in [6.07, 6.45) is 3.46. The summed E-state index contributed by atoms with van der Waals surface area (Å²) in [5.41, 5.74) is 5.31. The van der Waals surface area contributed by atoms with Gasteiger partial charge < -0.3 is 10.5 Å². The molecule has 0 spiro atoms. The first-order valence-electron chi connectivity index (χ1n) is 3.54. The summed E-state index contributed by atoms with van der Waals surface area (Å²) >= 11 is 1.73. The molecule has 0 saturated carbocycles. The zero-order chi connectivity index (χ0) is 8.53. The van der Waals surface area contributed by atoms with E-state index >= 15 is 0 Å². The van der Waals surface area contributed by atoms with Crippen LogP contribution >= 0.6 is 11.8 Å². The predicted octanol–water partition coefficient (Wildman–Crippen LogP) is 1.74. The Balaban J connectivity index is 3.23. The van der Waals surface area contributed by atoms with Crippen molar-refractivity contribution >= 4 is 11.8 Å². The van der Waals surface area contributed by atoms with Gasteiger partial charge in [0.2, 0.25) is 0 Å². The largest absolute Gasteiger partial charge is 0.469 e. The Kier molecular flexibility index (Phi) is 7.41. The molecule has 0 radical (unpaired) electrons. The molecule has 0 fully saturated rings. The van der Waals surface area contributed by atoms with E-state index < -0.39 is 0 Å². The van der Waals surface area contributed by atoms with Crippen molar-refractivity contribution in [2.75, 3.05) is 18.1 Å². The topological polar surface area (TPSA) is 35.2 Å². The molecule has 0 heterocycles. The maximum atomic E-state index is 5.31. The Morgan fingerprint density at radius 3 is 3.00 bits per heavy atom. The highest BCUT2D eigenvalue weighted by atomic mass is 32.2. The number of nitrogens with two attached hydrogens (primary N) is 1. The first kappa shape index (κ1) is 10.6. The number of rotatable bonds is 6. The van der Waals surface area contributed by atoms with Crippen molar-refractivity contribution in [3.05, 3.63) is 24.7 Å². The van der Waals surface area contributed by atoms with E-state index in [0.717, 1.165) is 17.3 Å². The molecule has 3 heteroatoms. The minimum atomic E-state index is 0.710. The van der Waals surface area contributed by atoms with Crippen LogP contribution < -0.4 is 5.73 Å². The van der Waals surface area contributed by atoms with Gasteiger partial charge in [0.15, 0.2) is 0 Å². The molecule has 0 aromatic carbocycles. The van der Waals surface area contributed by atoms with E-state index in [4.69, 9.17) is 10.5 Å². The molecule has 0 unspecified atom stereocenters. The van der Waals surface area contributed by atoms with Crippen molar-refractivity contribution in [1.29, 1.82) is 0 Å². The first-order valence-corrected chi connectivity index (χ1v) is 4.70. The van der Waals surface area contributed by atoms with Crippen molar-refractivity contribution in [2.24, 2.45) is 5.73 Å². The smallest absolute Gasteiger partial charge is 0.106 e. The normalized spacial score (nSPS) is 10.4. The van der Waals surface area contributed by atoms with E-state index in [1.165, 1.54) is 0 Å². The molecule has 0 amide bonds. The van der Waals surface area contributed by atoms with Crippen molar-refractivity contribution in [3.63, 3.8) is 0 Å². The van der Waals surface area contributed by atoms with Crippen molar-refractivity contribution in [2.45, 2.75) is 6.92 Å². The summed E-state index contributed by atoms with van der Waals surface area (Å²) in [5, 5.41) is 0. The van der Waals surface area contributed by atoms with Crippen LogP contribution in [0.4, 0.5) is 0 Å². The molecule has 0 bridgehead atoms. The summed E-state index contributed by atoms with van der Waals surface area (Å²) < 4.78 is 5.10. The number of allylic oxidation sites excluding steroid dienone is 1. The van der Waals surface area contributed by atoms with E-state index in [0.29, 0.717) is 6.54 Å². The lowest BCUT2D eigenvalue weighted by molar-refractivity contribution is 0.357. The fourth-order valence-corrected chi connectivity index (χ4v) is 1.07. The summed E-state index contributed by atoms with van der Waals surface area (Å²) in [6, 6.07) is 0. The average molecular weight is 173 g/mol. The molecule has 0 aliphatic carbocycles. The number of hydrogen-bond acceptors (Lipinski definition) is 3. The minimum Gasteiger partial charge on any atom is -0.469 e. The van der Waals surface area contributed by atoms with E-state index in [9.17, 15) is 0 Å². The molecular weight excluding hydrogens is 158 g/mol. The van der Waals surface area contributed by atoms with Gasteiger partial charge in [0.05, 0.1) is 12.0 Å². The molecule has 0 saturated heterocycles. The standard InChI is InChI=1S/C8H15NOS/c1-3-5-10-8(2)7-11-6-4-9/h3,5H,2,4,6-7,9H2,1H3/b5-3-. The lowest BCUT2D eigenvalue weighted by Gasteiger charge is -2.02. The highest BCUT2D eigenvalue weighted by Gasteiger charge is 1.91. The summed E-state index contributed by atoms with van der Waals surface area (Å²) in [7, 11) is 0. The van der Waals surface area contributed by atoms with Crippen LogP contribution in [0, 0.1) is 0 Å². The Labute approximate surface area is 72.5 Å². The first-order chi connectivity index (χ1) is 5.31. The molecule has 0 aromatic heterocycles. The lowest BCUT2D eigenvalue weighted by Crippen LogP contribution is -2.02. The van der Waals surface area contributed by atoms with Crippen molar-refractivity contribution in [1.82, 2.24) is 0 Å². The fourth-order valence-electron chi connectivity index (χ4n) is 0.468. The van der Waals surface area contributed by atoms with Crippen LogP contribution in [0.5, 0.6) is 0 Å². The van der Waals surface area contributed by atoms with E-state index in [1.54, 1.807) is 18.0 Å². The Morgan fingerprint density at radius 1 is 1.73 bits per heavy atom. The van der Waals surface area contributed by atoms with Gasteiger partial charge in [-0.05, 0) is 6.92 Å². The van der Waals surface area contributed by atoms with Gasteiger partial charge in [0.1, 0.15) is 5.76 Å². The van der Waals surface area contributed by atoms with Crippen LogP contribution in [0.2, 0.25) is 0 Å². The molecule has 2 nitrogen and oxygen atoms in total. The predicted molar refractivity (Wildman–Crippen MR) is 51.4 cm³/mol. The van der Waals surface area contributed by atoms with Crippen LogP contribution in [0.15, 0.2) is 24.7 Å². The second kappa shape index (κ2) is 7.69. The second-order valence-electron chi connectivity index (χ2n) is 1.97. The van der Waals surface area contributed by atoms with Gasteiger partial charge in [-0.2, -0.15) is 11.8 Å². The van der Waals surface area contributed by atoms with Crippen molar-refractivity contribution < 1.29 is 4.74 Å². The molecule has 2 N–H and O–H groups in total. The van der Waals surface area contributed by atoms with Gasteiger partial charge in [-0.3, -0.25) is 0 Å². The summed E-state index contributed by atoms with van der Waals surface area (Å²) in [6.45, 7) is 6.34.